The number of aliphatic hydroxyl groups excluding tert-OH is 2. The minimum absolute atomic E-state index is 0.118. The maximum Gasteiger partial charge on any atom is 0.261 e. The minimum Gasteiger partial charge on any atom is -0.396 e. The smallest absolute Gasteiger partial charge is 0.261 e. The van der Waals surface area contributed by atoms with Crippen LogP contribution in [0.2, 0.25) is 0 Å². The highest BCUT2D eigenvalue weighted by Crippen LogP contribution is 2.50. The van der Waals surface area contributed by atoms with E-state index in [9.17, 15) is 29.4 Å². The maximum atomic E-state index is 13.5. The van der Waals surface area contributed by atoms with Crippen molar-refractivity contribution in [3.63, 3.8) is 0 Å². The number of fused-ring (bicyclic) bond motifs is 2. The van der Waals surface area contributed by atoms with Gasteiger partial charge in [0.25, 0.3) is 23.6 Å². The lowest BCUT2D eigenvalue weighted by atomic mass is 9.82. The third-order valence-corrected chi connectivity index (χ3v) is 9.24. The predicted octanol–water partition coefficient (Wildman–Crippen LogP) is 5.22. The fourth-order valence-electron chi connectivity index (χ4n) is 6.33. The Morgan fingerprint density at radius 2 is 0.900 bits per heavy atom. The molecule has 5 aromatic rings. The van der Waals surface area contributed by atoms with Crippen LogP contribution in [0.1, 0.15) is 54.3 Å². The van der Waals surface area contributed by atoms with Gasteiger partial charge in [-0.1, -0.05) is 44.0 Å². The van der Waals surface area contributed by atoms with Crippen LogP contribution >= 0.6 is 31.9 Å². The number of halogens is 2. The number of rotatable bonds is 6. The van der Waals surface area contributed by atoms with E-state index in [-0.39, 0.29) is 39.1 Å². The third-order valence-electron chi connectivity index (χ3n) is 7.99. The fraction of sp³-hybridized carbons (Fsp3) is 0.200. The van der Waals surface area contributed by atoms with Crippen LogP contribution in [0, 0.1) is 0 Å². The van der Waals surface area contributed by atoms with E-state index in [4.69, 9.17) is 0 Å². The first-order valence-corrected chi connectivity index (χ1v) is 14.4. The zero-order valence-electron chi connectivity index (χ0n) is 20.9. The van der Waals surface area contributed by atoms with Crippen LogP contribution in [-0.4, -0.2) is 69.9 Å². The van der Waals surface area contributed by atoms with Gasteiger partial charge in [-0.05, 0) is 47.9 Å². The molecule has 2 aliphatic rings. The van der Waals surface area contributed by atoms with E-state index >= 15 is 0 Å². The number of imide groups is 2. The van der Waals surface area contributed by atoms with Crippen molar-refractivity contribution in [3.05, 3.63) is 67.6 Å². The molecule has 40 heavy (non-hydrogen) atoms. The van der Waals surface area contributed by atoms with Crippen molar-refractivity contribution in [1.29, 1.82) is 0 Å². The topological polar surface area (TPSA) is 115 Å². The van der Waals surface area contributed by atoms with Gasteiger partial charge in [0.1, 0.15) is 0 Å². The van der Waals surface area contributed by atoms with Gasteiger partial charge < -0.3 is 10.2 Å². The highest BCUT2D eigenvalue weighted by molar-refractivity contribution is 9.11. The number of amides is 4. The summed E-state index contributed by atoms with van der Waals surface area (Å²) in [6.07, 6.45) is 0.574. The summed E-state index contributed by atoms with van der Waals surface area (Å²) in [5.74, 6) is -1.63. The summed E-state index contributed by atoms with van der Waals surface area (Å²) in [5.41, 5.74) is 1.62. The fourth-order valence-corrected chi connectivity index (χ4v) is 7.61. The Labute approximate surface area is 243 Å². The van der Waals surface area contributed by atoms with Crippen molar-refractivity contribution in [1.82, 2.24) is 9.80 Å². The summed E-state index contributed by atoms with van der Waals surface area (Å²) in [6.45, 7) is -0.0343. The molecule has 5 aromatic carbocycles. The monoisotopic (exact) mass is 662 g/mol. The lowest BCUT2D eigenvalue weighted by Crippen LogP contribution is -2.41. The standard InChI is InChI=1S/C30H20Br2N2O6/c31-19-11-17-21-15(27(37)33(29(17)39)7-1-9-35)5-3-13-24-20(32)12-18-22-16(28(38)34(30(18)40)8-2-10-36)6-4-14(26(22)24)23(19)25(13)21/h3-6,11-12,35-36H,1-2,7-10H2. The molecule has 2 N–H and O–H groups in total. The normalized spacial score (nSPS) is 15.2. The van der Waals surface area contributed by atoms with Gasteiger partial charge >= 0.3 is 0 Å². The van der Waals surface area contributed by atoms with Crippen LogP contribution in [0.4, 0.5) is 0 Å². The SMILES string of the molecule is O=C1c2ccc3c4c(Br)cc5c6c(ccc(c7c(Br)cc(c2c37)C(=O)N1CCCO)c64)C(=O)N(CCCO)C5=O. The molecular weight excluding hydrogens is 644 g/mol. The number of benzene rings is 5. The van der Waals surface area contributed by atoms with Crippen LogP contribution in [0.25, 0.3) is 43.1 Å². The number of carbonyl (C=O) groups excluding carboxylic acids is 4. The Morgan fingerprint density at radius 3 is 1.27 bits per heavy atom. The van der Waals surface area contributed by atoms with E-state index < -0.39 is 23.6 Å². The molecular formula is C30H20Br2N2O6. The first-order valence-electron chi connectivity index (χ1n) is 12.8. The van der Waals surface area contributed by atoms with Crippen LogP contribution < -0.4 is 0 Å². The highest BCUT2D eigenvalue weighted by atomic mass is 79.9. The number of hydrogen-bond donors (Lipinski definition) is 2. The molecule has 0 atom stereocenters. The molecule has 0 bridgehead atoms. The van der Waals surface area contributed by atoms with Crippen LogP contribution in [0.5, 0.6) is 0 Å². The van der Waals surface area contributed by atoms with Gasteiger partial charge in [-0.3, -0.25) is 29.0 Å². The Bertz CT molecular complexity index is 1860. The van der Waals surface area contributed by atoms with E-state index in [1.54, 1.807) is 24.3 Å². The van der Waals surface area contributed by atoms with Crippen molar-refractivity contribution in [2.24, 2.45) is 0 Å². The molecule has 0 aliphatic carbocycles. The Hall–Kier alpha value is -3.44. The predicted molar refractivity (Wildman–Crippen MR) is 157 cm³/mol. The average Bonchev–Trinajstić information content (AvgIpc) is 2.94. The van der Waals surface area contributed by atoms with E-state index in [0.29, 0.717) is 42.0 Å². The third kappa shape index (κ3) is 3.18. The second kappa shape index (κ2) is 9.04. The zero-order valence-corrected chi connectivity index (χ0v) is 24.1. The van der Waals surface area contributed by atoms with Crippen molar-refractivity contribution in [2.45, 2.75) is 12.8 Å². The quantitative estimate of drug-likeness (QED) is 0.146. The number of hydrogen-bond acceptors (Lipinski definition) is 6. The molecule has 4 amide bonds. The Balaban J connectivity index is 1.61. The van der Waals surface area contributed by atoms with Crippen LogP contribution in [0.3, 0.4) is 0 Å². The molecule has 0 radical (unpaired) electrons. The molecule has 200 valence electrons. The van der Waals surface area contributed by atoms with Gasteiger partial charge in [-0.15, -0.1) is 0 Å². The molecule has 2 aliphatic heterocycles. The molecule has 7 rings (SSSR count). The summed E-state index contributed by atoms with van der Waals surface area (Å²) >= 11 is 7.39. The van der Waals surface area contributed by atoms with Gasteiger partial charge in [0, 0.05) is 89.8 Å². The first kappa shape index (κ1) is 25.5. The number of nitrogens with zero attached hydrogens (tertiary/aromatic N) is 2. The summed E-state index contributed by atoms with van der Waals surface area (Å²) in [6, 6.07) is 10.6. The minimum atomic E-state index is -0.412. The average molecular weight is 664 g/mol. The number of aliphatic hydroxyl groups is 2. The molecule has 0 unspecified atom stereocenters. The zero-order chi connectivity index (χ0) is 28.0. The largest absolute Gasteiger partial charge is 0.396 e. The van der Waals surface area contributed by atoms with Crippen LogP contribution in [-0.2, 0) is 0 Å². The lowest BCUT2D eigenvalue weighted by molar-refractivity contribution is 0.0585. The summed E-state index contributed by atoms with van der Waals surface area (Å²) in [7, 11) is 0. The highest BCUT2D eigenvalue weighted by Gasteiger charge is 2.37. The first-order chi connectivity index (χ1) is 19.3. The molecule has 0 saturated heterocycles. The maximum absolute atomic E-state index is 13.5. The Morgan fingerprint density at radius 1 is 0.525 bits per heavy atom. The summed E-state index contributed by atoms with van der Waals surface area (Å²) in [4.78, 5) is 56.3. The summed E-state index contributed by atoms with van der Waals surface area (Å²) in [5, 5.41) is 24.4. The van der Waals surface area contributed by atoms with E-state index in [2.05, 4.69) is 31.9 Å². The van der Waals surface area contributed by atoms with Crippen molar-refractivity contribution in [2.75, 3.05) is 26.3 Å². The molecule has 0 aromatic heterocycles. The number of carbonyl (C=O) groups is 4. The van der Waals surface area contributed by atoms with Crippen molar-refractivity contribution in [3.8, 4) is 0 Å². The molecule has 0 spiro atoms. The van der Waals surface area contributed by atoms with Crippen molar-refractivity contribution >= 4 is 98.6 Å². The van der Waals surface area contributed by atoms with Gasteiger partial charge in [0.2, 0.25) is 0 Å². The van der Waals surface area contributed by atoms with Crippen LogP contribution in [0.15, 0.2) is 45.3 Å². The van der Waals surface area contributed by atoms with Gasteiger partial charge in [0.15, 0.2) is 0 Å². The molecule has 0 saturated carbocycles. The molecule has 0 fully saturated rings. The second-order valence-corrected chi connectivity index (χ2v) is 11.8. The van der Waals surface area contributed by atoms with E-state index in [0.717, 1.165) is 32.3 Å². The van der Waals surface area contributed by atoms with Crippen molar-refractivity contribution < 1.29 is 29.4 Å². The Kier molecular flexibility index (Phi) is 5.77. The summed E-state index contributed by atoms with van der Waals surface area (Å²) < 4.78 is 1.30. The van der Waals surface area contributed by atoms with E-state index in [1.165, 1.54) is 9.80 Å². The van der Waals surface area contributed by atoms with Gasteiger partial charge in [-0.2, -0.15) is 0 Å². The second-order valence-electron chi connectivity index (χ2n) is 10.1. The lowest BCUT2D eigenvalue weighted by Gasteiger charge is -2.30. The van der Waals surface area contributed by atoms with Gasteiger partial charge in [-0.25, -0.2) is 0 Å². The van der Waals surface area contributed by atoms with E-state index in [1.807, 2.05) is 12.1 Å². The molecule has 2 heterocycles. The molecule has 8 nitrogen and oxygen atoms in total. The van der Waals surface area contributed by atoms with Gasteiger partial charge in [0.05, 0.1) is 0 Å². The molecule has 10 heteroatoms.